The van der Waals surface area contributed by atoms with Gasteiger partial charge in [0, 0.05) is 7.05 Å². The van der Waals surface area contributed by atoms with Gasteiger partial charge in [-0.25, -0.2) is 4.79 Å². The Labute approximate surface area is 68.1 Å². The van der Waals surface area contributed by atoms with Gasteiger partial charge in [-0.3, -0.25) is 0 Å². The molecule has 0 saturated carbocycles. The highest BCUT2D eigenvalue weighted by Crippen LogP contribution is 2.02. The maximum atomic E-state index is 10.5. The largest absolute Gasteiger partial charge is 0.450 e. The van der Waals surface area contributed by atoms with Crippen LogP contribution in [0.25, 0.3) is 0 Å². The summed E-state index contributed by atoms with van der Waals surface area (Å²) in [6.07, 6.45) is 1.72. The van der Waals surface area contributed by atoms with Crippen LogP contribution in [0, 0.1) is 5.92 Å². The van der Waals surface area contributed by atoms with Crippen LogP contribution in [-0.2, 0) is 4.74 Å². The van der Waals surface area contributed by atoms with Crippen molar-refractivity contribution in [3.05, 3.63) is 0 Å². The maximum Gasteiger partial charge on any atom is 0.406 e. The van der Waals surface area contributed by atoms with Gasteiger partial charge >= 0.3 is 6.09 Å². The molecule has 0 saturated heterocycles. The first kappa shape index (κ1) is 10.3. The van der Waals surface area contributed by atoms with Gasteiger partial charge in [0.15, 0.2) is 0 Å². The van der Waals surface area contributed by atoms with E-state index in [2.05, 4.69) is 19.2 Å². The smallest absolute Gasteiger partial charge is 0.406 e. The molecule has 0 atom stereocenters. The number of hydrogen-bond donors (Lipinski definition) is 1. The highest BCUT2D eigenvalue weighted by molar-refractivity contribution is 5.66. The minimum absolute atomic E-state index is 0.339. The van der Waals surface area contributed by atoms with Crippen molar-refractivity contribution in [2.45, 2.75) is 26.7 Å². The SMILES string of the molecule is CNC(=O)OCCCC(C)C. The molecule has 0 radical (unpaired) electrons. The van der Waals surface area contributed by atoms with Crippen molar-refractivity contribution in [3.8, 4) is 0 Å². The number of ether oxygens (including phenoxy) is 1. The number of carbonyl (C=O) groups is 1. The lowest BCUT2D eigenvalue weighted by Gasteiger charge is -2.05. The van der Waals surface area contributed by atoms with Crippen LogP contribution in [0.2, 0.25) is 0 Å². The lowest BCUT2D eigenvalue weighted by atomic mass is 10.1. The van der Waals surface area contributed by atoms with E-state index in [9.17, 15) is 4.79 Å². The molecule has 0 aromatic heterocycles. The van der Waals surface area contributed by atoms with Crippen LogP contribution in [-0.4, -0.2) is 19.7 Å². The number of hydrogen-bond acceptors (Lipinski definition) is 2. The third-order valence-electron chi connectivity index (χ3n) is 1.36. The number of amides is 1. The summed E-state index contributed by atoms with van der Waals surface area (Å²) in [4.78, 5) is 10.5. The maximum absolute atomic E-state index is 10.5. The summed E-state index contributed by atoms with van der Waals surface area (Å²) in [7, 11) is 1.56. The molecular formula is C8H17NO2. The summed E-state index contributed by atoms with van der Waals surface area (Å²) in [5, 5.41) is 2.39. The third kappa shape index (κ3) is 7.16. The molecule has 0 aromatic rings. The second-order valence-electron chi connectivity index (χ2n) is 2.92. The van der Waals surface area contributed by atoms with Crippen LogP contribution in [0.5, 0.6) is 0 Å². The van der Waals surface area contributed by atoms with Gasteiger partial charge in [0.2, 0.25) is 0 Å². The van der Waals surface area contributed by atoms with E-state index < -0.39 is 0 Å². The lowest BCUT2D eigenvalue weighted by Crippen LogP contribution is -2.19. The monoisotopic (exact) mass is 159 g/mol. The molecule has 0 aliphatic rings. The van der Waals surface area contributed by atoms with Crippen LogP contribution < -0.4 is 5.32 Å². The van der Waals surface area contributed by atoms with E-state index in [-0.39, 0.29) is 6.09 Å². The first-order valence-corrected chi connectivity index (χ1v) is 4.01. The fourth-order valence-electron chi connectivity index (χ4n) is 0.729. The zero-order valence-electron chi connectivity index (χ0n) is 7.52. The fraction of sp³-hybridized carbons (Fsp3) is 0.875. The molecule has 0 aromatic carbocycles. The average Bonchev–Trinajstić information content (AvgIpc) is 1.97. The highest BCUT2D eigenvalue weighted by Gasteiger charge is 1.97. The first-order chi connectivity index (χ1) is 5.16. The average molecular weight is 159 g/mol. The molecule has 66 valence electrons. The van der Waals surface area contributed by atoms with E-state index in [0.717, 1.165) is 12.8 Å². The van der Waals surface area contributed by atoms with Crippen LogP contribution in [0.15, 0.2) is 0 Å². The van der Waals surface area contributed by atoms with Crippen LogP contribution in [0.3, 0.4) is 0 Å². The molecule has 1 N–H and O–H groups in total. The zero-order chi connectivity index (χ0) is 8.69. The first-order valence-electron chi connectivity index (χ1n) is 4.01. The molecule has 1 amide bonds. The molecule has 0 aliphatic heterocycles. The standard InChI is InChI=1S/C8H17NO2/c1-7(2)5-4-6-11-8(10)9-3/h7H,4-6H2,1-3H3,(H,9,10). The van der Waals surface area contributed by atoms with Crippen LogP contribution >= 0.6 is 0 Å². The molecule has 3 nitrogen and oxygen atoms in total. The second kappa shape index (κ2) is 6.01. The Balaban J connectivity index is 3.08. The quantitative estimate of drug-likeness (QED) is 0.635. The minimum atomic E-state index is -0.339. The van der Waals surface area contributed by atoms with Gasteiger partial charge in [0.1, 0.15) is 0 Å². The molecule has 0 rings (SSSR count). The van der Waals surface area contributed by atoms with Crippen molar-refractivity contribution in [2.24, 2.45) is 5.92 Å². The normalized spacial score (nSPS) is 9.82. The molecule has 0 unspecified atom stereocenters. The Morgan fingerprint density at radius 3 is 2.64 bits per heavy atom. The summed E-state index contributed by atoms with van der Waals surface area (Å²) in [5.41, 5.74) is 0. The van der Waals surface area contributed by atoms with Crippen molar-refractivity contribution >= 4 is 6.09 Å². The van der Waals surface area contributed by atoms with Gasteiger partial charge in [-0.2, -0.15) is 0 Å². The topological polar surface area (TPSA) is 38.3 Å². The second-order valence-corrected chi connectivity index (χ2v) is 2.92. The molecule has 0 aliphatic carbocycles. The van der Waals surface area contributed by atoms with E-state index >= 15 is 0 Å². The number of rotatable bonds is 4. The van der Waals surface area contributed by atoms with E-state index in [1.807, 2.05) is 0 Å². The highest BCUT2D eigenvalue weighted by atomic mass is 16.5. The molecule has 0 spiro atoms. The summed E-state index contributed by atoms with van der Waals surface area (Å²) >= 11 is 0. The molecule has 0 bridgehead atoms. The van der Waals surface area contributed by atoms with Crippen molar-refractivity contribution in [2.75, 3.05) is 13.7 Å². The summed E-state index contributed by atoms with van der Waals surface area (Å²) in [6, 6.07) is 0. The van der Waals surface area contributed by atoms with Gasteiger partial charge in [-0.1, -0.05) is 13.8 Å². The van der Waals surface area contributed by atoms with Crippen molar-refractivity contribution in [3.63, 3.8) is 0 Å². The molecular weight excluding hydrogens is 142 g/mol. The van der Waals surface area contributed by atoms with Gasteiger partial charge in [0.25, 0.3) is 0 Å². The summed E-state index contributed by atoms with van der Waals surface area (Å²) in [6.45, 7) is 4.83. The van der Waals surface area contributed by atoms with Crippen molar-refractivity contribution in [1.82, 2.24) is 5.32 Å². The molecule has 0 fully saturated rings. The number of carbonyl (C=O) groups excluding carboxylic acids is 1. The third-order valence-corrected chi connectivity index (χ3v) is 1.36. The molecule has 11 heavy (non-hydrogen) atoms. The summed E-state index contributed by atoms with van der Waals surface area (Å²) < 4.78 is 4.79. The van der Waals surface area contributed by atoms with E-state index in [1.54, 1.807) is 7.05 Å². The van der Waals surface area contributed by atoms with E-state index in [0.29, 0.717) is 12.5 Å². The number of nitrogens with one attached hydrogen (secondary N) is 1. The Kier molecular flexibility index (Phi) is 5.61. The molecule has 0 heterocycles. The van der Waals surface area contributed by atoms with Crippen LogP contribution in [0.1, 0.15) is 26.7 Å². The van der Waals surface area contributed by atoms with Crippen LogP contribution in [0.4, 0.5) is 4.79 Å². The Morgan fingerprint density at radius 1 is 1.55 bits per heavy atom. The minimum Gasteiger partial charge on any atom is -0.450 e. The van der Waals surface area contributed by atoms with Gasteiger partial charge in [-0.15, -0.1) is 0 Å². The number of alkyl carbamates (subject to hydrolysis) is 1. The van der Waals surface area contributed by atoms with Crippen molar-refractivity contribution < 1.29 is 9.53 Å². The van der Waals surface area contributed by atoms with Crippen molar-refractivity contribution in [1.29, 1.82) is 0 Å². The predicted octanol–water partition coefficient (Wildman–Crippen LogP) is 1.78. The Hall–Kier alpha value is -0.730. The summed E-state index contributed by atoms with van der Waals surface area (Å²) in [5.74, 6) is 0.684. The Morgan fingerprint density at radius 2 is 2.18 bits per heavy atom. The van der Waals surface area contributed by atoms with Gasteiger partial charge in [0.05, 0.1) is 6.61 Å². The van der Waals surface area contributed by atoms with E-state index in [4.69, 9.17) is 4.74 Å². The van der Waals surface area contributed by atoms with E-state index in [1.165, 1.54) is 0 Å². The predicted molar refractivity (Wildman–Crippen MR) is 44.5 cm³/mol. The Bertz CT molecular complexity index is 113. The fourth-order valence-corrected chi connectivity index (χ4v) is 0.729. The van der Waals surface area contributed by atoms with Gasteiger partial charge in [-0.05, 0) is 18.8 Å². The lowest BCUT2D eigenvalue weighted by molar-refractivity contribution is 0.145. The zero-order valence-corrected chi connectivity index (χ0v) is 7.52. The molecule has 3 heteroatoms. The van der Waals surface area contributed by atoms with Gasteiger partial charge < -0.3 is 10.1 Å².